The minimum Gasteiger partial charge on any atom is -0.401 e. The molecule has 1 rings (SSSR count). The molecule has 0 aromatic carbocycles. The molecule has 0 aliphatic rings. The Morgan fingerprint density at radius 1 is 1.57 bits per heavy atom. The lowest BCUT2D eigenvalue weighted by Crippen LogP contribution is -2.26. The van der Waals surface area contributed by atoms with E-state index >= 15 is 0 Å². The van der Waals surface area contributed by atoms with Crippen LogP contribution in [0, 0.1) is 0 Å². The third-order valence-corrected chi connectivity index (χ3v) is 1.51. The molecule has 0 aliphatic heterocycles. The number of nitrogens with two attached hydrogens (primary N) is 2. The van der Waals surface area contributed by atoms with Crippen LogP contribution in [0.1, 0.15) is 17.3 Å². The number of aromatic nitrogens is 1. The van der Waals surface area contributed by atoms with Crippen molar-refractivity contribution in [3.05, 3.63) is 35.8 Å². The van der Waals surface area contributed by atoms with Gasteiger partial charge in [0.05, 0.1) is 0 Å². The topological polar surface area (TPSA) is 85.2 Å². The number of allylic oxidation sites excluding steroid dienone is 1. The van der Waals surface area contributed by atoms with Crippen molar-refractivity contribution in [2.24, 2.45) is 11.6 Å². The SMILES string of the molecule is C/C(N)=C/N(N)c1ccc(C=O)cn1. The molecular weight excluding hydrogens is 180 g/mol. The smallest absolute Gasteiger partial charge is 0.151 e. The number of hydrogen-bond acceptors (Lipinski definition) is 5. The van der Waals surface area contributed by atoms with E-state index in [9.17, 15) is 4.79 Å². The lowest BCUT2D eigenvalue weighted by Gasteiger charge is -2.12. The summed E-state index contributed by atoms with van der Waals surface area (Å²) in [5.74, 6) is 6.14. The maximum Gasteiger partial charge on any atom is 0.151 e. The van der Waals surface area contributed by atoms with E-state index < -0.39 is 0 Å². The summed E-state index contributed by atoms with van der Waals surface area (Å²) >= 11 is 0. The number of aldehydes is 1. The van der Waals surface area contributed by atoms with Gasteiger partial charge < -0.3 is 5.73 Å². The predicted molar refractivity (Wildman–Crippen MR) is 54.2 cm³/mol. The van der Waals surface area contributed by atoms with Crippen LogP contribution >= 0.6 is 0 Å². The first-order valence-corrected chi connectivity index (χ1v) is 4.02. The lowest BCUT2D eigenvalue weighted by molar-refractivity contribution is 0.112. The highest BCUT2D eigenvalue weighted by Crippen LogP contribution is 2.07. The summed E-state index contributed by atoms with van der Waals surface area (Å²) in [6, 6.07) is 3.28. The van der Waals surface area contributed by atoms with Crippen LogP contribution in [-0.4, -0.2) is 11.3 Å². The number of hydrogen-bond donors (Lipinski definition) is 2. The summed E-state index contributed by atoms with van der Waals surface area (Å²) in [4.78, 5) is 14.3. The molecule has 1 heterocycles. The van der Waals surface area contributed by atoms with Crippen molar-refractivity contribution in [2.75, 3.05) is 5.01 Å². The number of hydrazine groups is 1. The second-order valence-electron chi connectivity index (χ2n) is 2.85. The Hall–Kier alpha value is -1.88. The maximum absolute atomic E-state index is 10.3. The van der Waals surface area contributed by atoms with Crippen LogP contribution in [-0.2, 0) is 0 Å². The van der Waals surface area contributed by atoms with E-state index in [1.54, 1.807) is 25.3 Å². The van der Waals surface area contributed by atoms with Crippen LogP contribution in [0.25, 0.3) is 0 Å². The molecule has 0 saturated carbocycles. The number of pyridine rings is 1. The second kappa shape index (κ2) is 4.38. The van der Waals surface area contributed by atoms with Crippen molar-refractivity contribution < 1.29 is 4.79 Å². The molecule has 1 aromatic rings. The van der Waals surface area contributed by atoms with E-state index in [1.165, 1.54) is 11.2 Å². The van der Waals surface area contributed by atoms with Crippen molar-refractivity contribution in [2.45, 2.75) is 6.92 Å². The molecule has 0 bridgehead atoms. The van der Waals surface area contributed by atoms with Gasteiger partial charge in [0.25, 0.3) is 0 Å². The third-order valence-electron chi connectivity index (χ3n) is 1.51. The Balaban J connectivity index is 2.86. The van der Waals surface area contributed by atoms with E-state index in [0.717, 1.165) is 6.29 Å². The average molecular weight is 192 g/mol. The number of rotatable bonds is 3. The van der Waals surface area contributed by atoms with Crippen molar-refractivity contribution in [3.8, 4) is 0 Å². The highest BCUT2D eigenvalue weighted by Gasteiger charge is 1.99. The van der Waals surface area contributed by atoms with Gasteiger partial charge in [-0.1, -0.05) is 0 Å². The van der Waals surface area contributed by atoms with Crippen LogP contribution in [0.15, 0.2) is 30.2 Å². The van der Waals surface area contributed by atoms with Crippen LogP contribution in [0.5, 0.6) is 0 Å². The Kier molecular flexibility index (Phi) is 3.19. The number of carbonyl (C=O) groups excluding carboxylic acids is 1. The quantitative estimate of drug-likeness (QED) is 0.411. The van der Waals surface area contributed by atoms with Crippen molar-refractivity contribution in [1.82, 2.24) is 4.98 Å². The monoisotopic (exact) mass is 192 g/mol. The highest BCUT2D eigenvalue weighted by molar-refractivity contribution is 5.74. The molecule has 74 valence electrons. The first-order chi connectivity index (χ1) is 6.63. The van der Waals surface area contributed by atoms with E-state index in [0.29, 0.717) is 17.1 Å². The van der Waals surface area contributed by atoms with Crippen molar-refractivity contribution >= 4 is 12.1 Å². The van der Waals surface area contributed by atoms with Gasteiger partial charge in [-0.05, 0) is 19.1 Å². The van der Waals surface area contributed by atoms with Crippen molar-refractivity contribution in [1.29, 1.82) is 0 Å². The number of carbonyl (C=O) groups is 1. The molecule has 4 N–H and O–H groups in total. The van der Waals surface area contributed by atoms with Crippen molar-refractivity contribution in [3.63, 3.8) is 0 Å². The van der Waals surface area contributed by atoms with Crippen LogP contribution in [0.4, 0.5) is 5.82 Å². The van der Waals surface area contributed by atoms with Gasteiger partial charge in [-0.25, -0.2) is 10.8 Å². The molecule has 14 heavy (non-hydrogen) atoms. The Morgan fingerprint density at radius 2 is 2.29 bits per heavy atom. The molecule has 0 atom stereocenters. The van der Waals surface area contributed by atoms with E-state index in [-0.39, 0.29) is 0 Å². The number of nitrogens with zero attached hydrogens (tertiary/aromatic N) is 2. The van der Waals surface area contributed by atoms with Gasteiger partial charge in [-0.15, -0.1) is 0 Å². The normalized spacial score (nSPS) is 11.1. The van der Waals surface area contributed by atoms with E-state index in [1.807, 2.05) is 0 Å². The van der Waals surface area contributed by atoms with Crippen LogP contribution < -0.4 is 16.6 Å². The van der Waals surface area contributed by atoms with Gasteiger partial charge >= 0.3 is 0 Å². The fourth-order valence-corrected chi connectivity index (χ4v) is 0.905. The predicted octanol–water partition coefficient (Wildman–Crippen LogP) is 0.394. The molecule has 0 unspecified atom stereocenters. The van der Waals surface area contributed by atoms with Gasteiger partial charge in [0.2, 0.25) is 0 Å². The average Bonchev–Trinajstić information content (AvgIpc) is 2.17. The Labute approximate surface area is 82.0 Å². The van der Waals surface area contributed by atoms with Gasteiger partial charge in [-0.2, -0.15) is 0 Å². The second-order valence-corrected chi connectivity index (χ2v) is 2.85. The molecule has 0 aliphatic carbocycles. The summed E-state index contributed by atoms with van der Waals surface area (Å²) in [5, 5.41) is 1.30. The zero-order valence-corrected chi connectivity index (χ0v) is 7.84. The van der Waals surface area contributed by atoms with Gasteiger partial charge in [-0.3, -0.25) is 9.80 Å². The number of anilines is 1. The fourth-order valence-electron chi connectivity index (χ4n) is 0.905. The molecule has 5 nitrogen and oxygen atoms in total. The van der Waals surface area contributed by atoms with Crippen LogP contribution in [0.3, 0.4) is 0 Å². The highest BCUT2D eigenvalue weighted by atomic mass is 16.1. The summed E-state index contributed by atoms with van der Waals surface area (Å²) in [7, 11) is 0. The largest absolute Gasteiger partial charge is 0.401 e. The first-order valence-electron chi connectivity index (χ1n) is 4.02. The summed E-state index contributed by atoms with van der Waals surface area (Å²) in [5.41, 5.74) is 6.53. The molecule has 0 radical (unpaired) electrons. The Morgan fingerprint density at radius 3 is 2.71 bits per heavy atom. The third kappa shape index (κ3) is 2.56. The summed E-state index contributed by atoms with van der Waals surface area (Å²) < 4.78 is 0. The minimum absolute atomic E-state index is 0.510. The minimum atomic E-state index is 0.510. The lowest BCUT2D eigenvalue weighted by atomic mass is 10.3. The van der Waals surface area contributed by atoms with E-state index in [2.05, 4.69) is 4.98 Å². The molecular formula is C9H12N4O. The summed E-state index contributed by atoms with van der Waals surface area (Å²) in [6.07, 6.45) is 3.71. The summed E-state index contributed by atoms with van der Waals surface area (Å²) in [6.45, 7) is 1.72. The zero-order valence-electron chi connectivity index (χ0n) is 7.84. The molecule has 0 saturated heterocycles. The molecule has 5 heteroatoms. The van der Waals surface area contributed by atoms with Gasteiger partial charge in [0.15, 0.2) is 6.29 Å². The standard InChI is InChI=1S/C9H12N4O/c1-7(10)5-13(11)9-3-2-8(6-14)4-12-9/h2-6H,10-11H2,1H3/b7-5-. The molecule has 0 spiro atoms. The van der Waals surface area contributed by atoms with Crippen LogP contribution in [0.2, 0.25) is 0 Å². The zero-order chi connectivity index (χ0) is 10.6. The fraction of sp³-hybridized carbons (Fsp3) is 0.111. The van der Waals surface area contributed by atoms with Gasteiger partial charge in [0.1, 0.15) is 5.82 Å². The molecule has 1 aromatic heterocycles. The Bertz CT molecular complexity index is 340. The van der Waals surface area contributed by atoms with Gasteiger partial charge in [0, 0.05) is 23.7 Å². The first kappa shape index (κ1) is 10.2. The molecule has 0 fully saturated rings. The van der Waals surface area contributed by atoms with E-state index in [4.69, 9.17) is 11.6 Å². The molecule has 0 amide bonds. The maximum atomic E-state index is 10.3.